The van der Waals surface area contributed by atoms with Gasteiger partial charge in [0.25, 0.3) is 5.91 Å². The first-order chi connectivity index (χ1) is 13.5. The van der Waals surface area contributed by atoms with Crippen LogP contribution in [0.4, 0.5) is 0 Å². The number of piperidine rings is 1. The van der Waals surface area contributed by atoms with E-state index >= 15 is 0 Å². The van der Waals surface area contributed by atoms with Gasteiger partial charge >= 0.3 is 0 Å². The summed E-state index contributed by atoms with van der Waals surface area (Å²) >= 11 is 0. The monoisotopic (exact) mass is 386 g/mol. The van der Waals surface area contributed by atoms with Crippen LogP contribution in [0, 0.1) is 0 Å². The van der Waals surface area contributed by atoms with E-state index < -0.39 is 0 Å². The van der Waals surface area contributed by atoms with Gasteiger partial charge in [0.05, 0.1) is 6.54 Å². The molecule has 2 aliphatic rings. The lowest BCUT2D eigenvalue weighted by Gasteiger charge is -2.36. The molecule has 1 aromatic carbocycles. The van der Waals surface area contributed by atoms with E-state index in [1.54, 1.807) is 0 Å². The lowest BCUT2D eigenvalue weighted by atomic mass is 10.1. The van der Waals surface area contributed by atoms with Crippen LogP contribution in [0.2, 0.25) is 0 Å². The maximum atomic E-state index is 12.7. The predicted molar refractivity (Wildman–Crippen MR) is 107 cm³/mol. The SMILES string of the molecule is CC(=O)NCc1ccc(C(=O)N2CCN(CC(=O)N3CCCCC3)CC2)cc1. The van der Waals surface area contributed by atoms with E-state index in [0.29, 0.717) is 31.7 Å². The molecular weight excluding hydrogens is 356 g/mol. The summed E-state index contributed by atoms with van der Waals surface area (Å²) in [4.78, 5) is 42.1. The van der Waals surface area contributed by atoms with Crippen LogP contribution in [0.1, 0.15) is 42.1 Å². The molecule has 2 aliphatic heterocycles. The van der Waals surface area contributed by atoms with Gasteiger partial charge < -0.3 is 15.1 Å². The van der Waals surface area contributed by atoms with Crippen molar-refractivity contribution in [2.75, 3.05) is 45.8 Å². The predicted octanol–water partition coefficient (Wildman–Crippen LogP) is 1.09. The van der Waals surface area contributed by atoms with Crippen LogP contribution in [-0.2, 0) is 16.1 Å². The Morgan fingerprint density at radius 1 is 0.857 bits per heavy atom. The Hall–Kier alpha value is -2.41. The van der Waals surface area contributed by atoms with Gasteiger partial charge in [-0.25, -0.2) is 0 Å². The molecule has 3 rings (SSSR count). The van der Waals surface area contributed by atoms with Crippen molar-refractivity contribution >= 4 is 17.7 Å². The van der Waals surface area contributed by atoms with E-state index in [2.05, 4.69) is 10.2 Å². The Morgan fingerprint density at radius 3 is 2.11 bits per heavy atom. The van der Waals surface area contributed by atoms with Crippen molar-refractivity contribution in [3.63, 3.8) is 0 Å². The highest BCUT2D eigenvalue weighted by Gasteiger charge is 2.25. The van der Waals surface area contributed by atoms with Crippen LogP contribution >= 0.6 is 0 Å². The van der Waals surface area contributed by atoms with Crippen molar-refractivity contribution in [2.24, 2.45) is 0 Å². The lowest BCUT2D eigenvalue weighted by Crippen LogP contribution is -2.52. The lowest BCUT2D eigenvalue weighted by molar-refractivity contribution is -0.133. The Kier molecular flexibility index (Phi) is 7.03. The highest BCUT2D eigenvalue weighted by atomic mass is 16.2. The summed E-state index contributed by atoms with van der Waals surface area (Å²) in [7, 11) is 0. The average molecular weight is 386 g/mol. The molecule has 2 saturated heterocycles. The van der Waals surface area contributed by atoms with Gasteiger partial charge in [-0.1, -0.05) is 12.1 Å². The van der Waals surface area contributed by atoms with Crippen LogP contribution in [-0.4, -0.2) is 78.2 Å². The van der Waals surface area contributed by atoms with Gasteiger partial charge in [-0.3, -0.25) is 19.3 Å². The quantitative estimate of drug-likeness (QED) is 0.822. The smallest absolute Gasteiger partial charge is 0.253 e. The van der Waals surface area contributed by atoms with Gasteiger partial charge in [0, 0.05) is 58.3 Å². The number of likely N-dealkylation sites (tertiary alicyclic amines) is 1. The highest BCUT2D eigenvalue weighted by molar-refractivity contribution is 5.94. The molecule has 0 unspecified atom stereocenters. The molecule has 1 N–H and O–H groups in total. The second-order valence-corrected chi connectivity index (χ2v) is 7.62. The number of hydrogen-bond acceptors (Lipinski definition) is 4. The van der Waals surface area contributed by atoms with Crippen molar-refractivity contribution in [1.82, 2.24) is 20.0 Å². The number of hydrogen-bond donors (Lipinski definition) is 1. The minimum atomic E-state index is -0.0724. The van der Waals surface area contributed by atoms with Crippen molar-refractivity contribution in [3.8, 4) is 0 Å². The van der Waals surface area contributed by atoms with Gasteiger partial charge in [0.15, 0.2) is 0 Å². The third-order valence-corrected chi connectivity index (χ3v) is 5.47. The maximum absolute atomic E-state index is 12.7. The first-order valence-electron chi connectivity index (χ1n) is 10.2. The summed E-state index contributed by atoms with van der Waals surface area (Å²) in [5, 5.41) is 2.75. The molecule has 0 saturated carbocycles. The average Bonchev–Trinajstić information content (AvgIpc) is 2.73. The zero-order chi connectivity index (χ0) is 19.9. The standard InChI is InChI=1S/C21H30N4O3/c1-17(26)22-15-18-5-7-19(8-6-18)21(28)25-13-11-23(12-14-25)16-20(27)24-9-3-2-4-10-24/h5-8H,2-4,9-16H2,1H3,(H,22,26). The van der Waals surface area contributed by atoms with Crippen molar-refractivity contribution in [3.05, 3.63) is 35.4 Å². The first kappa shape index (κ1) is 20.3. The summed E-state index contributed by atoms with van der Waals surface area (Å²) < 4.78 is 0. The van der Waals surface area contributed by atoms with E-state index in [0.717, 1.165) is 44.6 Å². The number of benzene rings is 1. The molecule has 2 fully saturated rings. The van der Waals surface area contributed by atoms with Crippen LogP contribution in [0.5, 0.6) is 0 Å². The van der Waals surface area contributed by atoms with Gasteiger partial charge in [-0.2, -0.15) is 0 Å². The normalized spacial score (nSPS) is 18.0. The van der Waals surface area contributed by atoms with Crippen molar-refractivity contribution in [2.45, 2.75) is 32.7 Å². The molecule has 3 amide bonds. The molecule has 152 valence electrons. The third-order valence-electron chi connectivity index (χ3n) is 5.47. The summed E-state index contributed by atoms with van der Waals surface area (Å²) in [5.41, 5.74) is 1.62. The van der Waals surface area contributed by atoms with Crippen LogP contribution in [0.25, 0.3) is 0 Å². The largest absolute Gasteiger partial charge is 0.352 e. The third kappa shape index (κ3) is 5.55. The van der Waals surface area contributed by atoms with Gasteiger partial charge in [0.2, 0.25) is 11.8 Å². The van der Waals surface area contributed by atoms with Crippen LogP contribution < -0.4 is 5.32 Å². The molecule has 0 aromatic heterocycles. The Balaban J connectivity index is 1.45. The molecule has 2 heterocycles. The van der Waals surface area contributed by atoms with E-state index in [1.165, 1.54) is 13.3 Å². The topological polar surface area (TPSA) is 73.0 Å². The Morgan fingerprint density at radius 2 is 1.50 bits per heavy atom. The van der Waals surface area contributed by atoms with Crippen molar-refractivity contribution in [1.29, 1.82) is 0 Å². The second kappa shape index (κ2) is 9.68. The number of nitrogens with one attached hydrogen (secondary N) is 1. The molecule has 28 heavy (non-hydrogen) atoms. The fourth-order valence-corrected chi connectivity index (χ4v) is 3.72. The Bertz CT molecular complexity index is 690. The molecule has 7 nitrogen and oxygen atoms in total. The van der Waals surface area contributed by atoms with E-state index in [1.807, 2.05) is 34.1 Å². The van der Waals surface area contributed by atoms with Crippen LogP contribution in [0.3, 0.4) is 0 Å². The summed E-state index contributed by atoms with van der Waals surface area (Å²) in [5.74, 6) is 0.166. The maximum Gasteiger partial charge on any atom is 0.253 e. The number of carbonyl (C=O) groups is 3. The molecule has 0 aliphatic carbocycles. The molecule has 0 radical (unpaired) electrons. The van der Waals surface area contributed by atoms with Crippen LogP contribution in [0.15, 0.2) is 24.3 Å². The number of carbonyl (C=O) groups excluding carboxylic acids is 3. The minimum absolute atomic E-state index is 0.0214. The molecule has 0 bridgehead atoms. The minimum Gasteiger partial charge on any atom is -0.352 e. The highest BCUT2D eigenvalue weighted by Crippen LogP contribution is 2.12. The molecule has 0 spiro atoms. The first-order valence-corrected chi connectivity index (χ1v) is 10.2. The van der Waals surface area contributed by atoms with E-state index in [9.17, 15) is 14.4 Å². The number of amides is 3. The zero-order valence-electron chi connectivity index (χ0n) is 16.7. The summed E-state index contributed by atoms with van der Waals surface area (Å²) in [6.45, 7) is 6.91. The molecular formula is C21H30N4O3. The van der Waals surface area contributed by atoms with Gasteiger partial charge in [-0.05, 0) is 37.0 Å². The Labute approximate surface area is 166 Å². The fraction of sp³-hybridized carbons (Fsp3) is 0.571. The van der Waals surface area contributed by atoms with Gasteiger partial charge in [-0.15, -0.1) is 0 Å². The molecule has 7 heteroatoms. The number of nitrogens with zero attached hydrogens (tertiary/aromatic N) is 3. The molecule has 0 atom stereocenters. The van der Waals surface area contributed by atoms with E-state index in [4.69, 9.17) is 0 Å². The van der Waals surface area contributed by atoms with E-state index in [-0.39, 0.29) is 17.7 Å². The number of rotatable bonds is 5. The van der Waals surface area contributed by atoms with Gasteiger partial charge in [0.1, 0.15) is 0 Å². The fourth-order valence-electron chi connectivity index (χ4n) is 3.72. The second-order valence-electron chi connectivity index (χ2n) is 7.62. The summed E-state index contributed by atoms with van der Waals surface area (Å²) in [6, 6.07) is 7.37. The summed E-state index contributed by atoms with van der Waals surface area (Å²) in [6.07, 6.45) is 3.44. The zero-order valence-corrected chi connectivity index (χ0v) is 16.7. The van der Waals surface area contributed by atoms with Crippen molar-refractivity contribution < 1.29 is 14.4 Å². The number of piperazine rings is 1. The molecule has 1 aromatic rings.